The Labute approximate surface area is 162 Å². The summed E-state index contributed by atoms with van der Waals surface area (Å²) in [4.78, 5) is 0. The molecule has 0 aliphatic rings. The lowest BCUT2D eigenvalue weighted by Crippen LogP contribution is -1.90. The second kappa shape index (κ2) is 10.9. The van der Waals surface area contributed by atoms with Gasteiger partial charge in [-0.1, -0.05) is 76.2 Å². The van der Waals surface area contributed by atoms with Gasteiger partial charge in [-0.05, 0) is 54.4 Å². The summed E-state index contributed by atoms with van der Waals surface area (Å²) < 4.78 is 0. The summed E-state index contributed by atoms with van der Waals surface area (Å²) in [6, 6.07) is 17.9. The van der Waals surface area contributed by atoms with E-state index >= 15 is 0 Å². The van der Waals surface area contributed by atoms with E-state index in [-0.39, 0.29) is 0 Å². The molecule has 3 rings (SSSR count). The van der Waals surface area contributed by atoms with E-state index < -0.39 is 0 Å². The molecule has 0 fully saturated rings. The minimum atomic E-state index is 1.01. The predicted molar refractivity (Wildman–Crippen MR) is 113 cm³/mol. The molecule has 138 valence electrons. The predicted octanol–water partition coefficient (Wildman–Crippen LogP) is 6.07. The van der Waals surface area contributed by atoms with Crippen LogP contribution in [0.15, 0.2) is 48.5 Å². The molecule has 3 heteroatoms. The Morgan fingerprint density at radius 3 is 1.15 bits per heavy atom. The quantitative estimate of drug-likeness (QED) is 0.529. The van der Waals surface area contributed by atoms with Gasteiger partial charge in [-0.2, -0.15) is 0 Å². The summed E-state index contributed by atoms with van der Waals surface area (Å²) in [5.41, 5.74) is 5.61. The minimum Gasteiger partial charge on any atom is -0.144 e. The smallest absolute Gasteiger partial charge is 0.117 e. The third-order valence-corrected chi connectivity index (χ3v) is 5.60. The van der Waals surface area contributed by atoms with Crippen LogP contribution in [0.25, 0.3) is 0 Å². The van der Waals surface area contributed by atoms with Crippen LogP contribution in [0.3, 0.4) is 0 Å². The number of aromatic nitrogens is 2. The highest BCUT2D eigenvalue weighted by atomic mass is 32.1. The first-order valence-electron chi connectivity index (χ1n) is 9.65. The van der Waals surface area contributed by atoms with Gasteiger partial charge in [0.2, 0.25) is 0 Å². The fraction of sp³-hybridized carbons (Fsp3) is 0.391. The van der Waals surface area contributed by atoms with Gasteiger partial charge in [-0.15, -0.1) is 21.5 Å². The molecule has 0 aliphatic carbocycles. The maximum absolute atomic E-state index is 3.97. The van der Waals surface area contributed by atoms with Crippen molar-refractivity contribution in [3.8, 4) is 0 Å². The lowest BCUT2D eigenvalue weighted by Gasteiger charge is -2.04. The third kappa shape index (κ3) is 6.38. The highest BCUT2D eigenvalue weighted by molar-refractivity contribution is 7.11. The first-order chi connectivity index (χ1) is 12.7. The summed E-state index contributed by atoms with van der Waals surface area (Å²) in [6.07, 6.45) is 5.29. The third-order valence-electron chi connectivity index (χ3n) is 4.38. The van der Waals surface area contributed by atoms with E-state index in [9.17, 15) is 0 Å². The molecule has 0 saturated heterocycles. The number of aryl methyl sites for hydroxylation is 4. The highest BCUT2D eigenvalue weighted by Gasteiger charge is 1.98. The van der Waals surface area contributed by atoms with E-state index in [1.54, 1.807) is 11.3 Å². The molecule has 0 aliphatic heterocycles. The molecule has 3 aromatic rings. The van der Waals surface area contributed by atoms with Crippen molar-refractivity contribution in [2.24, 2.45) is 0 Å². The fourth-order valence-electron chi connectivity index (χ4n) is 2.60. The van der Waals surface area contributed by atoms with Crippen LogP contribution in [0.2, 0.25) is 0 Å². The summed E-state index contributed by atoms with van der Waals surface area (Å²) >= 11 is 1.71. The Morgan fingerprint density at radius 2 is 0.885 bits per heavy atom. The van der Waals surface area contributed by atoms with E-state index in [1.807, 2.05) is 0 Å². The van der Waals surface area contributed by atoms with Crippen LogP contribution in [-0.2, 0) is 32.1 Å². The van der Waals surface area contributed by atoms with Crippen LogP contribution in [0, 0.1) is 0 Å². The molecule has 0 radical (unpaired) electrons. The topological polar surface area (TPSA) is 25.8 Å². The highest BCUT2D eigenvalue weighted by Crippen LogP contribution is 2.13. The molecule has 0 N–H and O–H groups in total. The molecule has 1 aromatic heterocycles. The van der Waals surface area contributed by atoms with Crippen molar-refractivity contribution in [2.45, 2.75) is 59.8 Å². The molecular formula is C23H30N2S. The zero-order valence-corrected chi connectivity index (χ0v) is 17.3. The average molecular weight is 367 g/mol. The maximum atomic E-state index is 3.97. The summed E-state index contributed by atoms with van der Waals surface area (Å²) in [7, 11) is 0. The first-order valence-corrected chi connectivity index (χ1v) is 10.5. The standard InChI is InChI=1S/C17H20.C6H10N2S/c1-3-14-5-9-16(10-6-14)13-17-11-7-15(4-2)8-12-17;1-3-5-7-8-6(4-2)9-5/h5-12H,3-4,13H2,1-2H3;3-4H2,1-2H3. The Hall–Kier alpha value is -2.00. The van der Waals surface area contributed by atoms with Gasteiger partial charge < -0.3 is 0 Å². The van der Waals surface area contributed by atoms with Crippen molar-refractivity contribution in [3.05, 3.63) is 80.8 Å². The monoisotopic (exact) mass is 366 g/mol. The molecule has 0 atom stereocenters. The van der Waals surface area contributed by atoms with Gasteiger partial charge in [0.15, 0.2) is 0 Å². The van der Waals surface area contributed by atoms with Gasteiger partial charge in [0.1, 0.15) is 10.0 Å². The maximum Gasteiger partial charge on any atom is 0.117 e. The minimum absolute atomic E-state index is 1.01. The van der Waals surface area contributed by atoms with Crippen molar-refractivity contribution in [2.75, 3.05) is 0 Å². The van der Waals surface area contributed by atoms with Crippen molar-refractivity contribution in [1.82, 2.24) is 10.2 Å². The van der Waals surface area contributed by atoms with Crippen molar-refractivity contribution < 1.29 is 0 Å². The second-order valence-electron chi connectivity index (χ2n) is 6.31. The molecular weight excluding hydrogens is 336 g/mol. The number of benzene rings is 2. The second-order valence-corrected chi connectivity index (χ2v) is 7.46. The zero-order valence-electron chi connectivity index (χ0n) is 16.5. The number of hydrogen-bond acceptors (Lipinski definition) is 3. The van der Waals surface area contributed by atoms with Gasteiger partial charge in [0.25, 0.3) is 0 Å². The Morgan fingerprint density at radius 1 is 0.538 bits per heavy atom. The summed E-state index contributed by atoms with van der Waals surface area (Å²) in [5.74, 6) is 0. The lowest BCUT2D eigenvalue weighted by molar-refractivity contribution is 0.936. The Bertz CT molecular complexity index is 694. The fourth-order valence-corrected chi connectivity index (χ4v) is 3.32. The van der Waals surface area contributed by atoms with Crippen LogP contribution in [-0.4, -0.2) is 10.2 Å². The summed E-state index contributed by atoms with van der Waals surface area (Å²) in [6.45, 7) is 8.58. The van der Waals surface area contributed by atoms with Gasteiger partial charge >= 0.3 is 0 Å². The van der Waals surface area contributed by atoms with Crippen LogP contribution in [0.4, 0.5) is 0 Å². The van der Waals surface area contributed by atoms with Gasteiger partial charge in [0.05, 0.1) is 0 Å². The molecule has 0 bridgehead atoms. The van der Waals surface area contributed by atoms with Gasteiger partial charge in [-0.3, -0.25) is 0 Å². The van der Waals surface area contributed by atoms with E-state index in [1.165, 1.54) is 22.3 Å². The molecule has 0 amide bonds. The molecule has 2 aromatic carbocycles. The number of rotatable bonds is 6. The number of nitrogens with zero attached hydrogens (tertiary/aromatic N) is 2. The van der Waals surface area contributed by atoms with E-state index in [2.05, 4.69) is 86.4 Å². The number of hydrogen-bond donors (Lipinski definition) is 0. The van der Waals surface area contributed by atoms with Crippen molar-refractivity contribution >= 4 is 11.3 Å². The average Bonchev–Trinajstić information content (AvgIpc) is 3.18. The first kappa shape index (κ1) is 20.3. The summed E-state index contributed by atoms with van der Waals surface area (Å²) in [5, 5.41) is 10.2. The Kier molecular flexibility index (Phi) is 8.49. The molecule has 0 spiro atoms. The molecule has 0 saturated carbocycles. The molecule has 26 heavy (non-hydrogen) atoms. The van der Waals surface area contributed by atoms with Crippen molar-refractivity contribution in [3.63, 3.8) is 0 Å². The lowest BCUT2D eigenvalue weighted by atomic mass is 10.0. The van der Waals surface area contributed by atoms with Crippen molar-refractivity contribution in [1.29, 1.82) is 0 Å². The van der Waals surface area contributed by atoms with Crippen LogP contribution < -0.4 is 0 Å². The zero-order chi connectivity index (χ0) is 18.8. The van der Waals surface area contributed by atoms with Gasteiger partial charge in [-0.25, -0.2) is 0 Å². The van der Waals surface area contributed by atoms with E-state index in [0.29, 0.717) is 0 Å². The van der Waals surface area contributed by atoms with Gasteiger partial charge in [0, 0.05) is 0 Å². The molecule has 2 nitrogen and oxygen atoms in total. The molecule has 0 unspecified atom stereocenters. The van der Waals surface area contributed by atoms with Crippen LogP contribution in [0.1, 0.15) is 60.0 Å². The van der Waals surface area contributed by atoms with Crippen LogP contribution >= 0.6 is 11.3 Å². The Balaban J connectivity index is 0.000000228. The van der Waals surface area contributed by atoms with E-state index in [4.69, 9.17) is 0 Å². The largest absolute Gasteiger partial charge is 0.144 e. The normalized spacial score (nSPS) is 10.3. The molecule has 1 heterocycles. The SMILES string of the molecule is CCc1ccc(Cc2ccc(CC)cc2)cc1.CCc1nnc(CC)s1. The van der Waals surface area contributed by atoms with E-state index in [0.717, 1.165) is 42.1 Å². The van der Waals surface area contributed by atoms with Crippen LogP contribution in [0.5, 0.6) is 0 Å².